The lowest BCUT2D eigenvalue weighted by Crippen LogP contribution is -2.47. The van der Waals surface area contributed by atoms with Crippen molar-refractivity contribution in [3.8, 4) is 0 Å². The maximum atomic E-state index is 12.7. The third kappa shape index (κ3) is 4.43. The maximum absolute atomic E-state index is 12.7. The van der Waals surface area contributed by atoms with Gasteiger partial charge in [0, 0.05) is 15.5 Å². The van der Waals surface area contributed by atoms with Crippen LogP contribution in [0.25, 0.3) is 0 Å². The highest BCUT2D eigenvalue weighted by Crippen LogP contribution is 2.29. The molecule has 1 aliphatic carbocycles. The molecule has 1 aromatic heterocycles. The normalized spacial score (nSPS) is 14.6. The summed E-state index contributed by atoms with van der Waals surface area (Å²) in [7, 11) is 0. The fraction of sp³-hybridized carbons (Fsp3) is 0.421. The molecule has 0 saturated heterocycles. The molecule has 0 bridgehead atoms. The molecule has 2 amide bonds. The number of amides is 2. The fourth-order valence-electron chi connectivity index (χ4n) is 2.95. The Kier molecular flexibility index (Phi) is 5.94. The molecule has 0 saturated carbocycles. The van der Waals surface area contributed by atoms with Crippen molar-refractivity contribution in [3.05, 3.63) is 45.4 Å². The molecule has 0 aliphatic heterocycles. The second-order valence-electron chi connectivity index (χ2n) is 6.79. The van der Waals surface area contributed by atoms with Crippen LogP contribution >= 0.6 is 22.9 Å². The average Bonchev–Trinajstić information content (AvgIpc) is 3.01. The Morgan fingerprint density at radius 2 is 1.85 bits per heavy atom. The lowest BCUT2D eigenvalue weighted by atomic mass is 10.0. The predicted molar refractivity (Wildman–Crippen MR) is 105 cm³/mol. The summed E-state index contributed by atoms with van der Waals surface area (Å²) in [6.45, 7) is 3.80. The Balaban J connectivity index is 1.68. The van der Waals surface area contributed by atoms with Gasteiger partial charge in [0.2, 0.25) is 5.91 Å². The molecule has 2 aromatic rings. The van der Waals surface area contributed by atoms with Crippen LogP contribution in [0.4, 0.5) is 5.13 Å². The molecule has 0 fully saturated rings. The summed E-state index contributed by atoms with van der Waals surface area (Å²) in [4.78, 5) is 30.9. The minimum Gasteiger partial charge on any atom is -0.340 e. The quantitative estimate of drug-likeness (QED) is 0.807. The maximum Gasteiger partial charge on any atom is 0.251 e. The Morgan fingerprint density at radius 3 is 2.50 bits per heavy atom. The van der Waals surface area contributed by atoms with E-state index < -0.39 is 6.04 Å². The van der Waals surface area contributed by atoms with Gasteiger partial charge in [-0.2, -0.15) is 0 Å². The summed E-state index contributed by atoms with van der Waals surface area (Å²) in [5, 5.41) is 6.88. The number of nitrogens with one attached hydrogen (secondary N) is 2. The van der Waals surface area contributed by atoms with Gasteiger partial charge < -0.3 is 10.6 Å². The zero-order valence-corrected chi connectivity index (χ0v) is 16.4. The molecule has 1 aromatic carbocycles. The van der Waals surface area contributed by atoms with Crippen LogP contribution in [0.15, 0.2) is 24.3 Å². The van der Waals surface area contributed by atoms with Crippen LogP contribution < -0.4 is 10.6 Å². The third-order valence-electron chi connectivity index (χ3n) is 4.42. The van der Waals surface area contributed by atoms with E-state index in [1.54, 1.807) is 24.3 Å². The van der Waals surface area contributed by atoms with Crippen molar-refractivity contribution in [1.82, 2.24) is 10.3 Å². The molecule has 3 rings (SSSR count). The monoisotopic (exact) mass is 391 g/mol. The molecule has 2 N–H and O–H groups in total. The molecular formula is C19H22ClN3O2S. The zero-order valence-electron chi connectivity index (χ0n) is 14.8. The summed E-state index contributed by atoms with van der Waals surface area (Å²) in [6, 6.07) is 5.95. The summed E-state index contributed by atoms with van der Waals surface area (Å²) >= 11 is 7.39. The molecule has 0 radical (unpaired) electrons. The molecule has 5 nitrogen and oxygen atoms in total. The smallest absolute Gasteiger partial charge is 0.251 e. The van der Waals surface area contributed by atoms with Crippen molar-refractivity contribution in [1.29, 1.82) is 0 Å². The van der Waals surface area contributed by atoms with Gasteiger partial charge in [0.15, 0.2) is 5.13 Å². The molecule has 26 heavy (non-hydrogen) atoms. The second-order valence-corrected chi connectivity index (χ2v) is 8.31. The number of fused-ring (bicyclic) bond motifs is 1. The second kappa shape index (κ2) is 8.18. The van der Waals surface area contributed by atoms with Crippen molar-refractivity contribution in [3.63, 3.8) is 0 Å². The number of rotatable bonds is 5. The minimum absolute atomic E-state index is 0.0548. The van der Waals surface area contributed by atoms with Crippen molar-refractivity contribution in [2.24, 2.45) is 5.92 Å². The van der Waals surface area contributed by atoms with Crippen LogP contribution in [-0.2, 0) is 17.6 Å². The summed E-state index contributed by atoms with van der Waals surface area (Å²) in [6.07, 6.45) is 4.33. The van der Waals surface area contributed by atoms with E-state index >= 15 is 0 Å². The Hall–Kier alpha value is -1.92. The Labute approximate surface area is 162 Å². The standard InChI is InChI=1S/C19H22ClN3O2S/c1-11(2)16(22-17(24)12-7-9-13(20)10-8-12)18(25)23-19-21-14-5-3-4-6-15(14)26-19/h7-11,16H,3-6H2,1-2H3,(H,22,24)(H,21,23,25). The minimum atomic E-state index is -0.640. The van der Waals surface area contributed by atoms with E-state index in [2.05, 4.69) is 15.6 Å². The summed E-state index contributed by atoms with van der Waals surface area (Å²) < 4.78 is 0. The van der Waals surface area contributed by atoms with Crippen molar-refractivity contribution >= 4 is 39.9 Å². The number of thiazole rings is 1. The number of hydrogen-bond acceptors (Lipinski definition) is 4. The number of carbonyl (C=O) groups is 2. The molecule has 1 aliphatic rings. The van der Waals surface area contributed by atoms with Gasteiger partial charge in [0.25, 0.3) is 5.91 Å². The number of benzene rings is 1. The first kappa shape index (κ1) is 18.9. The van der Waals surface area contributed by atoms with E-state index in [1.165, 1.54) is 22.6 Å². The molecule has 1 unspecified atom stereocenters. The van der Waals surface area contributed by atoms with Crippen molar-refractivity contribution in [2.45, 2.75) is 45.6 Å². The van der Waals surface area contributed by atoms with Gasteiger partial charge in [-0.1, -0.05) is 25.4 Å². The van der Waals surface area contributed by atoms with Crippen molar-refractivity contribution in [2.75, 3.05) is 5.32 Å². The van der Waals surface area contributed by atoms with Gasteiger partial charge in [-0.3, -0.25) is 9.59 Å². The molecule has 138 valence electrons. The molecule has 1 heterocycles. The highest BCUT2D eigenvalue weighted by atomic mass is 35.5. The largest absolute Gasteiger partial charge is 0.340 e. The summed E-state index contributed by atoms with van der Waals surface area (Å²) in [5.74, 6) is -0.594. The number of nitrogens with zero attached hydrogens (tertiary/aromatic N) is 1. The average molecular weight is 392 g/mol. The first-order chi connectivity index (χ1) is 12.4. The highest BCUT2D eigenvalue weighted by molar-refractivity contribution is 7.15. The molecular weight excluding hydrogens is 370 g/mol. The Bertz CT molecular complexity index is 778. The summed E-state index contributed by atoms with van der Waals surface area (Å²) in [5.41, 5.74) is 1.57. The number of aromatic nitrogens is 1. The molecule has 7 heteroatoms. The number of aryl methyl sites for hydroxylation is 2. The van der Waals surface area contributed by atoms with Gasteiger partial charge in [-0.25, -0.2) is 4.98 Å². The van der Waals surface area contributed by atoms with Gasteiger partial charge in [-0.05, 0) is 55.9 Å². The van der Waals surface area contributed by atoms with Crippen LogP contribution in [0.5, 0.6) is 0 Å². The predicted octanol–water partition coefficient (Wildman–Crippen LogP) is 4.07. The van der Waals surface area contributed by atoms with Crippen LogP contribution in [0, 0.1) is 5.92 Å². The fourth-order valence-corrected chi connectivity index (χ4v) is 4.13. The van der Waals surface area contributed by atoms with Crippen LogP contribution in [-0.4, -0.2) is 22.8 Å². The zero-order chi connectivity index (χ0) is 18.7. The van der Waals surface area contributed by atoms with E-state index in [1.807, 2.05) is 13.8 Å². The first-order valence-corrected chi connectivity index (χ1v) is 9.99. The van der Waals surface area contributed by atoms with E-state index in [0.717, 1.165) is 25.0 Å². The molecule has 0 spiro atoms. The van der Waals surface area contributed by atoms with Crippen LogP contribution in [0.2, 0.25) is 5.02 Å². The number of hydrogen-bond donors (Lipinski definition) is 2. The highest BCUT2D eigenvalue weighted by Gasteiger charge is 2.26. The van der Waals surface area contributed by atoms with E-state index in [0.29, 0.717) is 15.7 Å². The molecule has 1 atom stereocenters. The number of carbonyl (C=O) groups excluding carboxylic acids is 2. The Morgan fingerprint density at radius 1 is 1.15 bits per heavy atom. The van der Waals surface area contributed by atoms with E-state index in [9.17, 15) is 9.59 Å². The van der Waals surface area contributed by atoms with Crippen molar-refractivity contribution < 1.29 is 9.59 Å². The number of anilines is 1. The third-order valence-corrected chi connectivity index (χ3v) is 5.74. The topological polar surface area (TPSA) is 71.1 Å². The van der Waals surface area contributed by atoms with Gasteiger partial charge >= 0.3 is 0 Å². The first-order valence-electron chi connectivity index (χ1n) is 8.80. The van der Waals surface area contributed by atoms with Crippen LogP contribution in [0.1, 0.15) is 47.6 Å². The van der Waals surface area contributed by atoms with E-state index in [-0.39, 0.29) is 17.7 Å². The van der Waals surface area contributed by atoms with Crippen LogP contribution in [0.3, 0.4) is 0 Å². The lowest BCUT2D eigenvalue weighted by molar-refractivity contribution is -0.118. The SMILES string of the molecule is CC(C)C(NC(=O)c1ccc(Cl)cc1)C(=O)Nc1nc2c(s1)CCCC2. The van der Waals surface area contributed by atoms with Gasteiger partial charge in [-0.15, -0.1) is 11.3 Å². The van der Waals surface area contributed by atoms with Gasteiger partial charge in [0.05, 0.1) is 5.69 Å². The van der Waals surface area contributed by atoms with E-state index in [4.69, 9.17) is 11.6 Å². The lowest BCUT2D eigenvalue weighted by Gasteiger charge is -2.21. The number of halogens is 1. The van der Waals surface area contributed by atoms with Gasteiger partial charge in [0.1, 0.15) is 6.04 Å².